The van der Waals surface area contributed by atoms with Crippen LogP contribution in [-0.2, 0) is 35.1 Å². The van der Waals surface area contributed by atoms with Gasteiger partial charge in [-0.05, 0) is 41.7 Å². The Morgan fingerprint density at radius 2 is 1.81 bits per heavy atom. The first-order valence-electron chi connectivity index (χ1n) is 13.6. The minimum Gasteiger partial charge on any atom is -0.497 e. The number of nitrogens with zero attached hydrogens (tertiary/aromatic N) is 1. The molecule has 2 N–H and O–H groups in total. The highest BCUT2D eigenvalue weighted by atomic mass is 16.6. The highest BCUT2D eigenvalue weighted by Gasteiger charge is 2.29. The number of nitrogens with one attached hydrogen (secondary N) is 2. The SMILES string of the molecule is COc1ccc(C[C@@H]2NC(=O)/C=C/C[C@@H](c3cccc([N+](=O)[O-])c3)OC(=O)[C@H](CC(C)C)OC(=O)CCNC2=O)cc1. The van der Waals surface area contributed by atoms with E-state index in [2.05, 4.69) is 10.6 Å². The maximum absolute atomic E-state index is 13.1. The molecule has 0 radical (unpaired) electrons. The smallest absolute Gasteiger partial charge is 0.348 e. The average Bonchev–Trinajstić information content (AvgIpc) is 2.95. The second-order valence-corrected chi connectivity index (χ2v) is 10.2. The van der Waals surface area contributed by atoms with Crippen LogP contribution in [0, 0.1) is 16.0 Å². The number of amides is 2. The fourth-order valence-corrected chi connectivity index (χ4v) is 4.28. The Morgan fingerprint density at radius 3 is 2.48 bits per heavy atom. The number of esters is 2. The van der Waals surface area contributed by atoms with E-state index >= 15 is 0 Å². The average molecular weight is 582 g/mol. The van der Waals surface area contributed by atoms with Gasteiger partial charge < -0.3 is 24.8 Å². The second-order valence-electron chi connectivity index (χ2n) is 10.2. The minimum atomic E-state index is -1.22. The zero-order chi connectivity index (χ0) is 30.6. The Kier molecular flexibility index (Phi) is 11.6. The Hall–Kier alpha value is -4.74. The number of nitro benzene ring substituents is 1. The summed E-state index contributed by atoms with van der Waals surface area (Å²) in [6.07, 6.45) is 0.542. The van der Waals surface area contributed by atoms with Gasteiger partial charge in [-0.3, -0.25) is 24.5 Å². The van der Waals surface area contributed by atoms with Crippen molar-refractivity contribution in [2.24, 2.45) is 5.92 Å². The number of benzene rings is 2. The standard InChI is InChI=1S/C30H35N3O9/c1-19(2)16-26-30(37)42-25(21-6-4-7-22(18-21)33(38)39)8-5-9-27(34)32-24(29(36)31-15-14-28(35)41-26)17-20-10-12-23(40-3)13-11-20/h4-7,9-13,18-19,24-26H,8,14-17H2,1-3H3,(H,31,36)(H,32,34)/b9-5+/t24-,25-,26-/m0/s1. The number of methoxy groups -OCH3 is 1. The van der Waals surface area contributed by atoms with Crippen LogP contribution in [-0.4, -0.2) is 54.5 Å². The van der Waals surface area contributed by atoms with E-state index in [9.17, 15) is 29.3 Å². The van der Waals surface area contributed by atoms with Crippen molar-refractivity contribution < 1.29 is 38.3 Å². The van der Waals surface area contributed by atoms with Crippen LogP contribution in [0.25, 0.3) is 0 Å². The largest absolute Gasteiger partial charge is 0.497 e. The van der Waals surface area contributed by atoms with Crippen molar-refractivity contribution in [1.82, 2.24) is 10.6 Å². The Bertz CT molecular complexity index is 1310. The fourth-order valence-electron chi connectivity index (χ4n) is 4.28. The second kappa shape index (κ2) is 15.3. The Balaban J connectivity index is 1.90. The fraction of sp³-hybridized carbons (Fsp3) is 0.400. The van der Waals surface area contributed by atoms with Gasteiger partial charge in [0.1, 0.15) is 17.9 Å². The van der Waals surface area contributed by atoms with Crippen LogP contribution in [0.2, 0.25) is 0 Å². The molecule has 2 amide bonds. The van der Waals surface area contributed by atoms with Crippen LogP contribution in [0.15, 0.2) is 60.7 Å². The summed E-state index contributed by atoms with van der Waals surface area (Å²) in [4.78, 5) is 62.4. The third-order valence-electron chi connectivity index (χ3n) is 6.41. The lowest BCUT2D eigenvalue weighted by Gasteiger charge is -2.23. The van der Waals surface area contributed by atoms with Gasteiger partial charge in [0.15, 0.2) is 6.10 Å². The van der Waals surface area contributed by atoms with E-state index in [-0.39, 0.29) is 43.8 Å². The van der Waals surface area contributed by atoms with E-state index in [1.54, 1.807) is 30.3 Å². The summed E-state index contributed by atoms with van der Waals surface area (Å²) in [7, 11) is 1.54. The zero-order valence-electron chi connectivity index (χ0n) is 23.7. The number of non-ortho nitro benzene ring substituents is 1. The van der Waals surface area contributed by atoms with Crippen molar-refractivity contribution in [3.8, 4) is 5.75 Å². The molecule has 3 rings (SSSR count). The monoisotopic (exact) mass is 581 g/mol. The molecule has 12 nitrogen and oxygen atoms in total. The molecule has 0 aliphatic carbocycles. The van der Waals surface area contributed by atoms with E-state index in [1.165, 1.54) is 37.5 Å². The molecule has 0 fully saturated rings. The lowest BCUT2D eigenvalue weighted by molar-refractivity contribution is -0.385. The van der Waals surface area contributed by atoms with Gasteiger partial charge in [0.05, 0.1) is 18.5 Å². The topological polar surface area (TPSA) is 163 Å². The number of rotatable bonds is 7. The molecule has 1 heterocycles. The Labute approximate surface area is 243 Å². The first kappa shape index (κ1) is 31.8. The van der Waals surface area contributed by atoms with Crippen LogP contribution < -0.4 is 15.4 Å². The highest BCUT2D eigenvalue weighted by Crippen LogP contribution is 2.27. The van der Waals surface area contributed by atoms with Gasteiger partial charge in [-0.1, -0.05) is 44.2 Å². The third kappa shape index (κ3) is 9.72. The van der Waals surface area contributed by atoms with Crippen molar-refractivity contribution in [3.05, 3.63) is 81.9 Å². The molecule has 12 heteroatoms. The van der Waals surface area contributed by atoms with Gasteiger partial charge in [0, 0.05) is 31.5 Å². The molecule has 1 aliphatic rings. The summed E-state index contributed by atoms with van der Waals surface area (Å²) in [5, 5.41) is 16.7. The van der Waals surface area contributed by atoms with Crippen LogP contribution in [0.4, 0.5) is 5.69 Å². The predicted octanol–water partition coefficient (Wildman–Crippen LogP) is 3.34. The molecular weight excluding hydrogens is 546 g/mol. The molecule has 224 valence electrons. The molecular formula is C30H35N3O9. The van der Waals surface area contributed by atoms with Crippen LogP contribution in [0.1, 0.15) is 50.3 Å². The maximum Gasteiger partial charge on any atom is 0.348 e. The number of cyclic esters (lactones) is 2. The number of ether oxygens (including phenoxy) is 3. The van der Waals surface area contributed by atoms with Crippen molar-refractivity contribution in [2.45, 2.75) is 57.8 Å². The van der Waals surface area contributed by atoms with Crippen LogP contribution in [0.3, 0.4) is 0 Å². The molecule has 42 heavy (non-hydrogen) atoms. The first-order chi connectivity index (χ1) is 20.0. The molecule has 0 bridgehead atoms. The van der Waals surface area contributed by atoms with Crippen LogP contribution >= 0.6 is 0 Å². The van der Waals surface area contributed by atoms with Gasteiger partial charge in [0.2, 0.25) is 11.8 Å². The van der Waals surface area contributed by atoms with Crippen LogP contribution in [0.5, 0.6) is 5.75 Å². The molecule has 0 saturated carbocycles. The molecule has 0 saturated heterocycles. The summed E-state index contributed by atoms with van der Waals surface area (Å²) in [5.74, 6) is -1.99. The van der Waals surface area contributed by atoms with Crippen molar-refractivity contribution in [1.29, 1.82) is 0 Å². The van der Waals surface area contributed by atoms with E-state index < -0.39 is 46.9 Å². The normalized spacial score (nSPS) is 21.5. The van der Waals surface area contributed by atoms with Gasteiger partial charge in [-0.2, -0.15) is 0 Å². The van der Waals surface area contributed by atoms with Gasteiger partial charge in [0.25, 0.3) is 5.69 Å². The van der Waals surface area contributed by atoms with E-state index in [1.807, 2.05) is 13.8 Å². The molecule has 0 spiro atoms. The van der Waals surface area contributed by atoms with Gasteiger partial charge in [-0.25, -0.2) is 4.79 Å². The first-order valence-corrected chi connectivity index (χ1v) is 13.6. The summed E-state index contributed by atoms with van der Waals surface area (Å²) in [6.45, 7) is 3.62. The lowest BCUT2D eigenvalue weighted by atomic mass is 10.0. The van der Waals surface area contributed by atoms with E-state index in [0.29, 0.717) is 11.3 Å². The number of hydrogen-bond donors (Lipinski definition) is 2. The maximum atomic E-state index is 13.1. The number of hydrogen-bond acceptors (Lipinski definition) is 9. The molecule has 1 aliphatic heterocycles. The molecule has 2 aromatic carbocycles. The number of carbonyl (C=O) groups excluding carboxylic acids is 4. The number of carbonyl (C=O) groups is 4. The van der Waals surface area contributed by atoms with E-state index in [0.717, 1.165) is 5.56 Å². The third-order valence-corrected chi connectivity index (χ3v) is 6.41. The molecule has 3 atom stereocenters. The van der Waals surface area contributed by atoms with Crippen molar-refractivity contribution in [2.75, 3.05) is 13.7 Å². The summed E-state index contributed by atoms with van der Waals surface area (Å²) < 4.78 is 16.3. The van der Waals surface area contributed by atoms with Crippen molar-refractivity contribution in [3.63, 3.8) is 0 Å². The highest BCUT2D eigenvalue weighted by molar-refractivity contribution is 5.93. The number of nitro groups is 1. The quantitative estimate of drug-likeness (QED) is 0.284. The van der Waals surface area contributed by atoms with E-state index in [4.69, 9.17) is 14.2 Å². The summed E-state index contributed by atoms with van der Waals surface area (Å²) >= 11 is 0. The summed E-state index contributed by atoms with van der Waals surface area (Å²) in [5.41, 5.74) is 0.897. The predicted molar refractivity (Wildman–Crippen MR) is 151 cm³/mol. The van der Waals surface area contributed by atoms with Gasteiger partial charge in [-0.15, -0.1) is 0 Å². The molecule has 0 aromatic heterocycles. The molecule has 2 aromatic rings. The lowest BCUT2D eigenvalue weighted by Crippen LogP contribution is -2.48. The zero-order valence-corrected chi connectivity index (χ0v) is 23.7. The van der Waals surface area contributed by atoms with Gasteiger partial charge >= 0.3 is 11.9 Å². The molecule has 0 unspecified atom stereocenters. The minimum absolute atomic E-state index is 0.0159. The Morgan fingerprint density at radius 1 is 1.07 bits per heavy atom. The summed E-state index contributed by atoms with van der Waals surface area (Å²) in [6, 6.07) is 11.7. The van der Waals surface area contributed by atoms with Crippen molar-refractivity contribution >= 4 is 29.4 Å².